The lowest BCUT2D eigenvalue weighted by molar-refractivity contribution is 0.0558. The fraction of sp³-hybridized carbons (Fsp3) is 1.00. The fourth-order valence-corrected chi connectivity index (χ4v) is 1.63. The Bertz CT molecular complexity index is 103. The normalized spacial score (nSPS) is 43.7. The summed E-state index contributed by atoms with van der Waals surface area (Å²) in [5.41, 5.74) is 5.66. The van der Waals surface area contributed by atoms with Gasteiger partial charge in [0.05, 0.1) is 0 Å². The van der Waals surface area contributed by atoms with E-state index in [0.29, 0.717) is 6.04 Å². The minimum absolute atomic E-state index is 0.524. The molecule has 0 spiro atoms. The second-order valence-electron chi connectivity index (χ2n) is 3.27. The molecule has 0 aromatic rings. The summed E-state index contributed by atoms with van der Waals surface area (Å²) in [6, 6.07) is 1.39. The molecular weight excluding hydrogens is 112 g/mol. The van der Waals surface area contributed by atoms with E-state index in [1.54, 1.807) is 0 Å². The van der Waals surface area contributed by atoms with Crippen LogP contribution in [0.2, 0.25) is 0 Å². The highest BCUT2D eigenvalue weighted by atomic mass is 15.2. The molecule has 2 N–H and O–H groups in total. The van der Waals surface area contributed by atoms with Crippen LogP contribution in [0.1, 0.15) is 19.3 Å². The SMILES string of the molecule is NC1CC(N2CCC2)C1. The van der Waals surface area contributed by atoms with Crippen molar-refractivity contribution in [2.75, 3.05) is 13.1 Å². The van der Waals surface area contributed by atoms with Gasteiger partial charge in [0.15, 0.2) is 0 Å². The van der Waals surface area contributed by atoms with E-state index < -0.39 is 0 Å². The highest BCUT2D eigenvalue weighted by molar-refractivity contribution is 4.92. The molecule has 0 unspecified atom stereocenters. The third kappa shape index (κ3) is 0.864. The molecule has 2 aliphatic rings. The number of hydrogen-bond donors (Lipinski definition) is 1. The molecule has 52 valence electrons. The standard InChI is InChI=1S/C7H14N2/c8-6-4-7(5-6)9-2-1-3-9/h6-7H,1-5,8H2. The summed E-state index contributed by atoms with van der Waals surface area (Å²) in [5, 5.41) is 0. The zero-order chi connectivity index (χ0) is 6.27. The maximum absolute atomic E-state index is 5.66. The molecule has 2 nitrogen and oxygen atoms in total. The van der Waals surface area contributed by atoms with Crippen LogP contribution in [0.15, 0.2) is 0 Å². The molecule has 0 bridgehead atoms. The summed E-state index contributed by atoms with van der Waals surface area (Å²) in [5.74, 6) is 0. The van der Waals surface area contributed by atoms with Gasteiger partial charge in [-0.2, -0.15) is 0 Å². The van der Waals surface area contributed by atoms with Crippen LogP contribution >= 0.6 is 0 Å². The largest absolute Gasteiger partial charge is 0.328 e. The maximum atomic E-state index is 5.66. The van der Waals surface area contributed by atoms with Gasteiger partial charge in [-0.05, 0) is 32.4 Å². The van der Waals surface area contributed by atoms with Gasteiger partial charge >= 0.3 is 0 Å². The Morgan fingerprint density at radius 2 is 1.89 bits per heavy atom. The molecule has 1 heterocycles. The number of nitrogens with two attached hydrogens (primary N) is 1. The predicted octanol–water partition coefficient (Wildman–Crippen LogP) is 0.182. The summed E-state index contributed by atoms with van der Waals surface area (Å²) in [7, 11) is 0. The predicted molar refractivity (Wildman–Crippen MR) is 37.2 cm³/mol. The Morgan fingerprint density at radius 3 is 2.22 bits per heavy atom. The zero-order valence-corrected chi connectivity index (χ0v) is 5.71. The molecule has 0 amide bonds. The molecule has 1 aliphatic carbocycles. The van der Waals surface area contributed by atoms with Crippen LogP contribution < -0.4 is 5.73 Å². The topological polar surface area (TPSA) is 29.3 Å². The van der Waals surface area contributed by atoms with E-state index in [2.05, 4.69) is 4.90 Å². The first kappa shape index (κ1) is 5.69. The van der Waals surface area contributed by atoms with Gasteiger partial charge < -0.3 is 10.6 Å². The Hall–Kier alpha value is -0.0800. The quantitative estimate of drug-likeness (QED) is 0.543. The van der Waals surface area contributed by atoms with Gasteiger partial charge in [-0.15, -0.1) is 0 Å². The molecule has 2 rings (SSSR count). The second kappa shape index (κ2) is 1.96. The minimum Gasteiger partial charge on any atom is -0.328 e. The molecule has 1 saturated carbocycles. The van der Waals surface area contributed by atoms with Crippen molar-refractivity contribution in [3.8, 4) is 0 Å². The third-order valence-corrected chi connectivity index (χ3v) is 2.56. The van der Waals surface area contributed by atoms with Crippen molar-refractivity contribution in [2.45, 2.75) is 31.3 Å². The van der Waals surface area contributed by atoms with Crippen molar-refractivity contribution in [3.05, 3.63) is 0 Å². The summed E-state index contributed by atoms with van der Waals surface area (Å²) in [4.78, 5) is 2.54. The van der Waals surface area contributed by atoms with Gasteiger partial charge in [-0.1, -0.05) is 0 Å². The lowest BCUT2D eigenvalue weighted by Crippen LogP contribution is -2.55. The van der Waals surface area contributed by atoms with E-state index in [1.807, 2.05) is 0 Å². The number of rotatable bonds is 1. The van der Waals surface area contributed by atoms with Gasteiger partial charge in [0.1, 0.15) is 0 Å². The van der Waals surface area contributed by atoms with Gasteiger partial charge in [-0.3, -0.25) is 0 Å². The Balaban J connectivity index is 1.75. The minimum atomic E-state index is 0.524. The van der Waals surface area contributed by atoms with Crippen LogP contribution in [0.3, 0.4) is 0 Å². The molecule has 9 heavy (non-hydrogen) atoms. The molecule has 0 aromatic carbocycles. The van der Waals surface area contributed by atoms with Crippen molar-refractivity contribution in [1.29, 1.82) is 0 Å². The van der Waals surface area contributed by atoms with E-state index >= 15 is 0 Å². The van der Waals surface area contributed by atoms with Crippen molar-refractivity contribution >= 4 is 0 Å². The van der Waals surface area contributed by atoms with Crippen LogP contribution in [-0.4, -0.2) is 30.1 Å². The highest BCUT2D eigenvalue weighted by Crippen LogP contribution is 2.27. The van der Waals surface area contributed by atoms with Crippen LogP contribution in [-0.2, 0) is 0 Å². The number of nitrogens with zero attached hydrogens (tertiary/aromatic N) is 1. The Kier molecular flexibility index (Phi) is 1.24. The molecular formula is C7H14N2. The van der Waals surface area contributed by atoms with Crippen molar-refractivity contribution < 1.29 is 0 Å². The average Bonchev–Trinajstić information content (AvgIpc) is 1.57. The van der Waals surface area contributed by atoms with E-state index in [0.717, 1.165) is 6.04 Å². The first-order chi connectivity index (χ1) is 4.36. The van der Waals surface area contributed by atoms with Gasteiger partial charge in [0, 0.05) is 12.1 Å². The first-order valence-electron chi connectivity index (χ1n) is 3.86. The number of likely N-dealkylation sites (tertiary alicyclic amines) is 1. The molecule has 0 aromatic heterocycles. The van der Waals surface area contributed by atoms with Gasteiger partial charge in [-0.25, -0.2) is 0 Å². The summed E-state index contributed by atoms with van der Waals surface area (Å²) in [6.07, 6.45) is 3.91. The summed E-state index contributed by atoms with van der Waals surface area (Å²) < 4.78 is 0. The van der Waals surface area contributed by atoms with Crippen LogP contribution in [0.4, 0.5) is 0 Å². The smallest absolute Gasteiger partial charge is 0.0125 e. The van der Waals surface area contributed by atoms with Crippen molar-refractivity contribution in [3.63, 3.8) is 0 Å². The highest BCUT2D eigenvalue weighted by Gasteiger charge is 2.33. The van der Waals surface area contributed by atoms with E-state index in [9.17, 15) is 0 Å². The van der Waals surface area contributed by atoms with Crippen LogP contribution in [0.25, 0.3) is 0 Å². The van der Waals surface area contributed by atoms with Crippen molar-refractivity contribution in [2.24, 2.45) is 5.73 Å². The summed E-state index contributed by atoms with van der Waals surface area (Å²) in [6.45, 7) is 2.66. The molecule has 0 radical (unpaired) electrons. The second-order valence-corrected chi connectivity index (χ2v) is 3.27. The lowest BCUT2D eigenvalue weighted by atomic mass is 9.85. The molecule has 1 aliphatic heterocycles. The fourth-order valence-electron chi connectivity index (χ4n) is 1.63. The van der Waals surface area contributed by atoms with Crippen LogP contribution in [0.5, 0.6) is 0 Å². The zero-order valence-electron chi connectivity index (χ0n) is 5.71. The van der Waals surface area contributed by atoms with E-state index in [-0.39, 0.29) is 0 Å². The average molecular weight is 126 g/mol. The lowest BCUT2D eigenvalue weighted by Gasteiger charge is -2.46. The number of hydrogen-bond acceptors (Lipinski definition) is 2. The van der Waals surface area contributed by atoms with E-state index in [1.165, 1.54) is 32.4 Å². The third-order valence-electron chi connectivity index (χ3n) is 2.56. The first-order valence-corrected chi connectivity index (χ1v) is 3.86. The monoisotopic (exact) mass is 126 g/mol. The van der Waals surface area contributed by atoms with Gasteiger partial charge in [0.25, 0.3) is 0 Å². The Labute approximate surface area is 56.0 Å². The maximum Gasteiger partial charge on any atom is 0.0125 e. The molecule has 2 fully saturated rings. The Morgan fingerprint density at radius 1 is 1.22 bits per heavy atom. The van der Waals surface area contributed by atoms with Crippen molar-refractivity contribution in [1.82, 2.24) is 4.90 Å². The summed E-state index contributed by atoms with van der Waals surface area (Å²) >= 11 is 0. The van der Waals surface area contributed by atoms with E-state index in [4.69, 9.17) is 5.73 Å². The van der Waals surface area contributed by atoms with Crippen LogP contribution in [0, 0.1) is 0 Å². The van der Waals surface area contributed by atoms with Gasteiger partial charge in [0.2, 0.25) is 0 Å². The molecule has 2 heteroatoms. The molecule has 0 atom stereocenters. The molecule has 1 saturated heterocycles.